The van der Waals surface area contributed by atoms with Crippen molar-refractivity contribution < 1.29 is 22.4 Å². The number of allylic oxidation sites excluding steroid dienone is 1. The summed E-state index contributed by atoms with van der Waals surface area (Å²) in [4.78, 5) is 22.3. The van der Waals surface area contributed by atoms with Gasteiger partial charge < -0.3 is 10.2 Å². The zero-order valence-electron chi connectivity index (χ0n) is 17.0. The van der Waals surface area contributed by atoms with Gasteiger partial charge in [0.15, 0.2) is 5.69 Å². The number of rotatable bonds is 4. The van der Waals surface area contributed by atoms with Crippen molar-refractivity contribution in [3.05, 3.63) is 77.4 Å². The summed E-state index contributed by atoms with van der Waals surface area (Å²) in [6.07, 6.45) is 0.369. The van der Waals surface area contributed by atoms with Crippen molar-refractivity contribution in [3.8, 4) is 11.3 Å². The third-order valence-corrected chi connectivity index (χ3v) is 5.67. The maximum Gasteiger partial charge on any atom is 0.434 e. The van der Waals surface area contributed by atoms with E-state index in [1.165, 1.54) is 18.3 Å². The van der Waals surface area contributed by atoms with Crippen molar-refractivity contribution in [2.45, 2.75) is 31.5 Å². The van der Waals surface area contributed by atoms with Crippen molar-refractivity contribution in [3.63, 3.8) is 0 Å². The predicted molar refractivity (Wildman–Crippen MR) is 109 cm³/mol. The number of halogens is 4. The van der Waals surface area contributed by atoms with E-state index in [9.17, 15) is 22.4 Å². The molecular formula is C22H16F4N6O. The van der Waals surface area contributed by atoms with Gasteiger partial charge in [-0.3, -0.25) is 4.79 Å². The molecule has 3 aromatic rings. The van der Waals surface area contributed by atoms with Gasteiger partial charge in [-0.15, -0.1) is 0 Å². The van der Waals surface area contributed by atoms with Crippen LogP contribution < -0.4 is 5.32 Å². The van der Waals surface area contributed by atoms with Crippen LogP contribution in [-0.4, -0.2) is 37.0 Å². The van der Waals surface area contributed by atoms with Crippen LogP contribution in [0.2, 0.25) is 0 Å². The van der Waals surface area contributed by atoms with Gasteiger partial charge in [-0.2, -0.15) is 23.4 Å². The number of amides is 1. The highest BCUT2D eigenvalue weighted by molar-refractivity contribution is 6.02. The van der Waals surface area contributed by atoms with Crippen molar-refractivity contribution in [2.24, 2.45) is 0 Å². The van der Waals surface area contributed by atoms with Gasteiger partial charge >= 0.3 is 6.18 Å². The number of hydrogen-bond donors (Lipinski definition) is 1. The molecule has 1 N–H and O–H groups in total. The summed E-state index contributed by atoms with van der Waals surface area (Å²) >= 11 is 0. The molecule has 0 radical (unpaired) electrons. The molecule has 1 amide bonds. The van der Waals surface area contributed by atoms with Gasteiger partial charge in [0, 0.05) is 30.1 Å². The molecule has 168 valence electrons. The van der Waals surface area contributed by atoms with Crippen LogP contribution in [0.25, 0.3) is 11.3 Å². The minimum atomic E-state index is -4.57. The van der Waals surface area contributed by atoms with Crippen LogP contribution in [0.3, 0.4) is 0 Å². The third-order valence-electron chi connectivity index (χ3n) is 5.67. The minimum absolute atomic E-state index is 0.0746. The molecule has 1 fully saturated rings. The molecule has 7 nitrogen and oxygen atoms in total. The summed E-state index contributed by atoms with van der Waals surface area (Å²) in [5, 5.41) is 10.7. The second kappa shape index (κ2) is 7.91. The average Bonchev–Trinajstić information content (AvgIpc) is 3.36. The van der Waals surface area contributed by atoms with Crippen molar-refractivity contribution in [1.82, 2.24) is 25.1 Å². The number of aromatic nitrogens is 4. The molecule has 4 heterocycles. The van der Waals surface area contributed by atoms with Crippen LogP contribution in [0.5, 0.6) is 0 Å². The van der Waals surface area contributed by atoms with E-state index in [1.54, 1.807) is 23.1 Å². The topological polar surface area (TPSA) is 83.9 Å². The Hall–Kier alpha value is -3.89. The summed E-state index contributed by atoms with van der Waals surface area (Å²) in [6.45, 7) is 0. The molecule has 0 aliphatic carbocycles. The normalized spacial score (nSPS) is 17.6. The molecular weight excluding hydrogens is 440 g/mol. The third kappa shape index (κ3) is 3.79. The fourth-order valence-corrected chi connectivity index (χ4v) is 4.25. The molecule has 0 spiro atoms. The van der Waals surface area contributed by atoms with Crippen molar-refractivity contribution in [2.75, 3.05) is 5.32 Å². The van der Waals surface area contributed by atoms with E-state index in [-0.39, 0.29) is 34.6 Å². The largest absolute Gasteiger partial charge is 0.434 e. The van der Waals surface area contributed by atoms with Gasteiger partial charge in [-0.05, 0) is 37.1 Å². The summed E-state index contributed by atoms with van der Waals surface area (Å²) in [5.74, 6) is -0.806. The van der Waals surface area contributed by atoms with Crippen molar-refractivity contribution in [1.29, 1.82) is 0 Å². The fraction of sp³-hybridized carbons (Fsp3) is 0.227. The van der Waals surface area contributed by atoms with Crippen LogP contribution in [0.15, 0.2) is 60.3 Å². The summed E-state index contributed by atoms with van der Waals surface area (Å²) in [5.41, 5.74) is 0.796. The summed E-state index contributed by atoms with van der Waals surface area (Å²) in [7, 11) is 0. The zero-order valence-corrected chi connectivity index (χ0v) is 17.0. The first-order valence-electron chi connectivity index (χ1n) is 10.1. The van der Waals surface area contributed by atoms with E-state index in [2.05, 4.69) is 25.5 Å². The van der Waals surface area contributed by atoms with Gasteiger partial charge in [0.2, 0.25) is 0 Å². The fourth-order valence-electron chi connectivity index (χ4n) is 4.25. The number of alkyl halides is 3. The lowest BCUT2D eigenvalue weighted by Crippen LogP contribution is -2.31. The second-order valence-corrected chi connectivity index (χ2v) is 7.68. The molecule has 1 aromatic carbocycles. The average molecular weight is 456 g/mol. The Labute approximate surface area is 185 Å². The van der Waals surface area contributed by atoms with E-state index in [1.807, 2.05) is 0 Å². The first-order chi connectivity index (χ1) is 15.8. The first-order valence-corrected chi connectivity index (χ1v) is 10.1. The molecule has 1 unspecified atom stereocenters. The molecule has 2 aliphatic heterocycles. The maximum atomic E-state index is 14.7. The molecule has 11 heteroatoms. The summed E-state index contributed by atoms with van der Waals surface area (Å²) in [6, 6.07) is 7.31. The molecule has 2 aliphatic rings. The van der Waals surface area contributed by atoms with Gasteiger partial charge in [0.25, 0.3) is 5.91 Å². The van der Waals surface area contributed by atoms with E-state index >= 15 is 0 Å². The van der Waals surface area contributed by atoms with E-state index in [0.717, 1.165) is 12.6 Å². The number of carbonyl (C=O) groups is 1. The Morgan fingerprint density at radius 1 is 1.12 bits per heavy atom. The van der Waals surface area contributed by atoms with Crippen LogP contribution in [-0.2, 0) is 6.18 Å². The van der Waals surface area contributed by atoms with Crippen LogP contribution in [0.1, 0.15) is 35.3 Å². The van der Waals surface area contributed by atoms with Gasteiger partial charge in [-0.1, -0.05) is 6.07 Å². The molecule has 2 aromatic heterocycles. The number of nitrogens with zero attached hydrogens (tertiary/aromatic N) is 5. The number of anilines is 1. The lowest BCUT2D eigenvalue weighted by molar-refractivity contribution is -0.141. The molecule has 0 saturated carbocycles. The lowest BCUT2D eigenvalue weighted by Gasteiger charge is -2.21. The van der Waals surface area contributed by atoms with E-state index in [0.29, 0.717) is 30.4 Å². The Balaban J connectivity index is 1.45. The number of nitrogens with one attached hydrogen (secondary N) is 1. The van der Waals surface area contributed by atoms with E-state index < -0.39 is 17.7 Å². The van der Waals surface area contributed by atoms with E-state index in [4.69, 9.17) is 0 Å². The molecule has 5 rings (SSSR count). The number of benzene rings is 1. The highest BCUT2D eigenvalue weighted by atomic mass is 19.4. The number of hydrogen-bond acceptors (Lipinski definition) is 6. The standard InChI is InChI=1S/C22H16F4N6O/c23-14-4-1-3-13(20(14)15-5-2-8-29-31-15)21(33)32-12-6-7-17(32)16(9-12)30-19-11-27-18(10-28-19)22(24,25)26/h1-5,8,10-12H,6-7,9H2,(H,28,30). The Kier molecular flexibility index (Phi) is 5.03. The predicted octanol–water partition coefficient (Wildman–Crippen LogP) is 4.42. The SMILES string of the molecule is O=C(c1cccc(F)c1-c1cccnn1)N1C2=C(Nc3cnc(C(F)(F)F)cn3)CC1CC2. The van der Waals surface area contributed by atoms with Gasteiger partial charge in [0.05, 0.1) is 29.2 Å². The number of carbonyl (C=O) groups excluding carboxylic acids is 1. The highest BCUT2D eigenvalue weighted by Gasteiger charge is 2.42. The zero-order chi connectivity index (χ0) is 23.2. The van der Waals surface area contributed by atoms with Gasteiger partial charge in [0.1, 0.15) is 11.6 Å². The van der Waals surface area contributed by atoms with Crippen LogP contribution in [0, 0.1) is 5.82 Å². The Bertz CT molecular complexity index is 1240. The first kappa shape index (κ1) is 21.0. The molecule has 33 heavy (non-hydrogen) atoms. The maximum absolute atomic E-state index is 14.7. The Morgan fingerprint density at radius 2 is 1.97 bits per heavy atom. The molecule has 2 bridgehead atoms. The number of fused-ring (bicyclic) bond motifs is 2. The van der Waals surface area contributed by atoms with Gasteiger partial charge in [-0.25, -0.2) is 14.4 Å². The smallest absolute Gasteiger partial charge is 0.341 e. The molecule has 1 saturated heterocycles. The summed E-state index contributed by atoms with van der Waals surface area (Å²) < 4.78 is 52.9. The van der Waals surface area contributed by atoms with Crippen molar-refractivity contribution >= 4 is 11.7 Å². The van der Waals surface area contributed by atoms with Crippen LogP contribution >= 0.6 is 0 Å². The quantitative estimate of drug-likeness (QED) is 0.585. The molecule has 1 atom stereocenters. The lowest BCUT2D eigenvalue weighted by atomic mass is 10.0. The van der Waals surface area contributed by atoms with Crippen LogP contribution in [0.4, 0.5) is 23.4 Å². The second-order valence-electron chi connectivity index (χ2n) is 7.68. The Morgan fingerprint density at radius 3 is 2.67 bits per heavy atom. The minimum Gasteiger partial charge on any atom is -0.341 e. The monoisotopic (exact) mass is 456 g/mol. The highest BCUT2D eigenvalue weighted by Crippen LogP contribution is 2.43.